The summed E-state index contributed by atoms with van der Waals surface area (Å²) < 4.78 is 6.77. The first-order valence-electron chi connectivity index (χ1n) is 22.1. The van der Waals surface area contributed by atoms with Crippen LogP contribution >= 0.6 is 0 Å². The Hall–Kier alpha value is -7.94. The van der Waals surface area contributed by atoms with E-state index in [2.05, 4.69) is 223 Å². The number of benzene rings is 11. The first kappa shape index (κ1) is 35.8. The van der Waals surface area contributed by atoms with Crippen molar-refractivity contribution in [2.24, 2.45) is 0 Å². The summed E-state index contributed by atoms with van der Waals surface area (Å²) >= 11 is 0. The Morgan fingerprint density at radius 1 is 0.397 bits per heavy atom. The average molecular weight is 804 g/mol. The second-order valence-electron chi connectivity index (χ2n) is 17.1. The largest absolute Gasteiger partial charge is 0.456 e. The zero-order chi connectivity index (χ0) is 41.4. The molecule has 1 unspecified atom stereocenters. The van der Waals surface area contributed by atoms with Crippen molar-refractivity contribution in [3.8, 4) is 22.3 Å². The Kier molecular flexibility index (Phi) is 8.14. The summed E-state index contributed by atoms with van der Waals surface area (Å²) in [5.74, 6) is 0.193. The van der Waals surface area contributed by atoms with Crippen molar-refractivity contribution >= 4 is 82.1 Å². The van der Waals surface area contributed by atoms with Crippen molar-refractivity contribution in [3.05, 3.63) is 235 Å². The minimum Gasteiger partial charge on any atom is -0.456 e. The highest BCUT2D eigenvalue weighted by atomic mass is 16.3. The second kappa shape index (κ2) is 14.3. The lowest BCUT2D eigenvalue weighted by Crippen LogP contribution is -2.11. The SMILES string of the molecule is c1ccc(N(c2ccc(C3CCc4cc5oc6ccccc6c5c(-c5cc6ccccc6c6ccccc56)c4-c4ccccc43)cc2)c2cc3ccccc3c3ccccc23)cc1. The van der Waals surface area contributed by atoms with E-state index in [1.165, 1.54) is 93.1 Å². The van der Waals surface area contributed by atoms with Gasteiger partial charge in [0, 0.05) is 39.0 Å². The first-order chi connectivity index (χ1) is 31.3. The number of hydrogen-bond donors (Lipinski definition) is 0. The van der Waals surface area contributed by atoms with Gasteiger partial charge in [0.1, 0.15) is 11.2 Å². The Bertz CT molecular complexity index is 3750. The minimum atomic E-state index is 0.193. The number of furan rings is 1. The normalized spacial score (nSPS) is 13.7. The molecule has 13 rings (SSSR count). The van der Waals surface area contributed by atoms with Crippen molar-refractivity contribution in [3.63, 3.8) is 0 Å². The fourth-order valence-corrected chi connectivity index (χ4v) is 10.9. The quantitative estimate of drug-likeness (QED) is 0.161. The smallest absolute Gasteiger partial charge is 0.136 e. The predicted molar refractivity (Wildman–Crippen MR) is 266 cm³/mol. The third kappa shape index (κ3) is 5.65. The van der Waals surface area contributed by atoms with Crippen LogP contribution in [0, 0.1) is 0 Å². The molecule has 0 aliphatic heterocycles. The molecule has 1 atom stereocenters. The molecule has 1 aromatic heterocycles. The van der Waals surface area contributed by atoms with E-state index in [1.807, 2.05) is 0 Å². The lowest BCUT2D eigenvalue weighted by atomic mass is 9.82. The maximum Gasteiger partial charge on any atom is 0.136 e. The molecular weight excluding hydrogens is 763 g/mol. The van der Waals surface area contributed by atoms with Crippen molar-refractivity contribution in [1.82, 2.24) is 0 Å². The second-order valence-corrected chi connectivity index (χ2v) is 17.1. The molecule has 63 heavy (non-hydrogen) atoms. The van der Waals surface area contributed by atoms with Gasteiger partial charge in [0.05, 0.1) is 5.69 Å². The Labute approximate surface area is 365 Å². The standard InChI is InChI=1S/C61H41NO/c1-2-18-43(19-3-1)62(56-37-41-17-5-7-21-46(41)49-23-10-12-26-52(49)56)44-33-30-39(31-34-44)47-35-32-42-38-58-60(54-28-14-15-29-57(54)63-58)61(59(42)53-27-13-11-24-50(47)53)55-36-40-16-4-6-20-45(40)48-22-8-9-25-51(48)55/h1-31,33-34,36-38,47H,32,35H2. The molecule has 1 aliphatic carbocycles. The molecule has 2 heteroatoms. The highest BCUT2D eigenvalue weighted by molar-refractivity contribution is 6.23. The van der Waals surface area contributed by atoms with Crippen LogP contribution in [0.1, 0.15) is 29.0 Å². The van der Waals surface area contributed by atoms with Crippen LogP contribution in [-0.4, -0.2) is 0 Å². The molecule has 0 saturated heterocycles. The summed E-state index contributed by atoms with van der Waals surface area (Å²) in [7, 11) is 0. The topological polar surface area (TPSA) is 16.4 Å². The van der Waals surface area contributed by atoms with E-state index in [4.69, 9.17) is 4.42 Å². The zero-order valence-corrected chi connectivity index (χ0v) is 34.6. The fourth-order valence-electron chi connectivity index (χ4n) is 10.9. The number of rotatable bonds is 5. The third-order valence-electron chi connectivity index (χ3n) is 13.6. The van der Waals surface area contributed by atoms with Crippen LogP contribution in [-0.2, 0) is 6.42 Å². The van der Waals surface area contributed by atoms with Crippen LogP contribution in [0.15, 0.2) is 223 Å². The third-order valence-corrected chi connectivity index (χ3v) is 13.6. The van der Waals surface area contributed by atoms with E-state index in [1.54, 1.807) is 0 Å². The summed E-state index contributed by atoms with van der Waals surface area (Å²) in [5.41, 5.74) is 14.5. The van der Waals surface area contributed by atoms with Crippen LogP contribution in [0.5, 0.6) is 0 Å². The molecular formula is C61H41NO. The van der Waals surface area contributed by atoms with Gasteiger partial charge in [0.25, 0.3) is 0 Å². The van der Waals surface area contributed by atoms with E-state index in [-0.39, 0.29) is 5.92 Å². The van der Waals surface area contributed by atoms with Gasteiger partial charge in [-0.2, -0.15) is 0 Å². The molecule has 0 N–H and O–H groups in total. The molecule has 0 amide bonds. The van der Waals surface area contributed by atoms with Crippen LogP contribution in [0.25, 0.3) is 87.3 Å². The van der Waals surface area contributed by atoms with Gasteiger partial charge in [0.15, 0.2) is 0 Å². The summed E-state index contributed by atoms with van der Waals surface area (Å²) in [4.78, 5) is 2.43. The summed E-state index contributed by atoms with van der Waals surface area (Å²) in [6.07, 6.45) is 1.89. The van der Waals surface area contributed by atoms with Crippen molar-refractivity contribution in [2.75, 3.05) is 4.90 Å². The van der Waals surface area contributed by atoms with Crippen LogP contribution in [0.2, 0.25) is 0 Å². The minimum absolute atomic E-state index is 0.193. The van der Waals surface area contributed by atoms with Gasteiger partial charge in [-0.15, -0.1) is 0 Å². The van der Waals surface area contributed by atoms with Gasteiger partial charge in [-0.05, 0) is 132 Å². The number of aryl methyl sites for hydroxylation is 1. The number of nitrogens with zero attached hydrogens (tertiary/aromatic N) is 1. The lowest BCUT2D eigenvalue weighted by Gasteiger charge is -2.28. The molecule has 0 spiro atoms. The molecule has 1 aliphatic rings. The van der Waals surface area contributed by atoms with Crippen LogP contribution < -0.4 is 4.90 Å². The number of anilines is 3. The fraction of sp³-hybridized carbons (Fsp3) is 0.0492. The van der Waals surface area contributed by atoms with Crippen LogP contribution in [0.4, 0.5) is 17.1 Å². The van der Waals surface area contributed by atoms with Gasteiger partial charge < -0.3 is 9.32 Å². The van der Waals surface area contributed by atoms with Gasteiger partial charge in [-0.25, -0.2) is 0 Å². The van der Waals surface area contributed by atoms with Gasteiger partial charge in [-0.1, -0.05) is 170 Å². The predicted octanol–water partition coefficient (Wildman–Crippen LogP) is 17.1. The molecule has 1 heterocycles. The van der Waals surface area contributed by atoms with Crippen molar-refractivity contribution < 1.29 is 4.42 Å². The Balaban J connectivity index is 1.00. The monoisotopic (exact) mass is 803 g/mol. The van der Waals surface area contributed by atoms with E-state index >= 15 is 0 Å². The Morgan fingerprint density at radius 2 is 0.968 bits per heavy atom. The summed E-state index contributed by atoms with van der Waals surface area (Å²) in [6, 6.07) is 80.4. The number of hydrogen-bond acceptors (Lipinski definition) is 2. The summed E-state index contributed by atoms with van der Waals surface area (Å²) in [5, 5.41) is 12.4. The maximum absolute atomic E-state index is 6.77. The molecule has 0 saturated carbocycles. The van der Waals surface area contributed by atoms with E-state index in [0.717, 1.165) is 40.8 Å². The zero-order valence-electron chi connectivity index (χ0n) is 34.6. The highest BCUT2D eigenvalue weighted by Gasteiger charge is 2.30. The highest BCUT2D eigenvalue weighted by Crippen LogP contribution is 2.52. The molecule has 11 aromatic carbocycles. The molecule has 0 bridgehead atoms. The maximum atomic E-state index is 6.77. The van der Waals surface area contributed by atoms with Crippen LogP contribution in [0.3, 0.4) is 0 Å². The molecule has 0 radical (unpaired) electrons. The van der Waals surface area contributed by atoms with E-state index < -0.39 is 0 Å². The Morgan fingerprint density at radius 3 is 1.73 bits per heavy atom. The van der Waals surface area contributed by atoms with Gasteiger partial charge in [0.2, 0.25) is 0 Å². The van der Waals surface area contributed by atoms with Gasteiger partial charge >= 0.3 is 0 Å². The molecule has 2 nitrogen and oxygen atoms in total. The van der Waals surface area contributed by atoms with E-state index in [9.17, 15) is 0 Å². The van der Waals surface area contributed by atoms with Crippen molar-refractivity contribution in [1.29, 1.82) is 0 Å². The number of fused-ring (bicyclic) bond motifs is 12. The molecule has 12 aromatic rings. The number of para-hydroxylation sites is 2. The van der Waals surface area contributed by atoms with Gasteiger partial charge in [-0.3, -0.25) is 0 Å². The molecule has 296 valence electrons. The lowest BCUT2D eigenvalue weighted by molar-refractivity contribution is 0.667. The summed E-state index contributed by atoms with van der Waals surface area (Å²) in [6.45, 7) is 0. The van der Waals surface area contributed by atoms with E-state index in [0.29, 0.717) is 0 Å². The van der Waals surface area contributed by atoms with Crippen molar-refractivity contribution in [2.45, 2.75) is 18.8 Å². The average Bonchev–Trinajstić information content (AvgIpc) is 3.64. The molecule has 0 fully saturated rings. The first-order valence-corrected chi connectivity index (χ1v) is 22.1.